The van der Waals surface area contributed by atoms with Gasteiger partial charge in [0.05, 0.1) is 48.4 Å². The average molecular weight is 1330 g/mol. The molecule has 92 heavy (non-hydrogen) atoms. The summed E-state index contributed by atoms with van der Waals surface area (Å²) in [5.41, 5.74) is 9.60. The fraction of sp³-hybridized carbons (Fsp3) is 0.514. The van der Waals surface area contributed by atoms with Crippen molar-refractivity contribution >= 4 is 74.8 Å². The van der Waals surface area contributed by atoms with Gasteiger partial charge in [-0.05, 0) is 162 Å². The topological polar surface area (TPSA) is 178 Å². The van der Waals surface area contributed by atoms with Crippen LogP contribution in [0.4, 0.5) is 9.59 Å². The number of rotatable bonds is 16. The maximum Gasteiger partial charge on any atom is 0.410 e. The van der Waals surface area contributed by atoms with Gasteiger partial charge in [-0.25, -0.2) is 19.6 Å². The normalized spacial score (nSPS) is 20.2. The second-order valence-corrected chi connectivity index (χ2v) is 41.6. The number of amides is 2. The van der Waals surface area contributed by atoms with Crippen LogP contribution in [0.5, 0.6) is 0 Å². The number of aromatic nitrogens is 6. The van der Waals surface area contributed by atoms with E-state index in [1.54, 1.807) is 23.1 Å². The number of benzene rings is 2. The third-order valence-electron chi connectivity index (χ3n) is 17.6. The van der Waals surface area contributed by atoms with Crippen LogP contribution < -0.4 is 0 Å². The lowest BCUT2D eigenvalue weighted by Crippen LogP contribution is -2.51. The highest BCUT2D eigenvalue weighted by Gasteiger charge is 2.55. The first-order valence-corrected chi connectivity index (χ1v) is 40.4. The highest BCUT2D eigenvalue weighted by Crippen LogP contribution is 2.55. The van der Waals surface area contributed by atoms with Gasteiger partial charge in [0.2, 0.25) is 0 Å². The summed E-state index contributed by atoms with van der Waals surface area (Å²) >= 11 is 13.4. The highest BCUT2D eigenvalue weighted by atomic mass is 35.5. The molecule has 0 bridgehead atoms. The Bertz CT molecular complexity index is 3480. The van der Waals surface area contributed by atoms with Crippen LogP contribution in [0.15, 0.2) is 85.7 Å². The van der Waals surface area contributed by atoms with Crippen LogP contribution in [0.3, 0.4) is 0 Å². The number of nitrogens with zero attached hydrogens (tertiary/aromatic N) is 10. The number of fused-ring (bicyclic) bond motifs is 4. The summed E-state index contributed by atoms with van der Waals surface area (Å²) in [6.45, 7) is 38.9. The number of carbonyl (C=O) groups excluding carboxylic acids is 2. The third-order valence-corrected chi connectivity index (χ3v) is 21.5. The van der Waals surface area contributed by atoms with Crippen LogP contribution in [0.2, 0.25) is 61.4 Å². The quantitative estimate of drug-likeness (QED) is 0.0550. The molecule has 2 amide bonds. The molecule has 2 aromatic carbocycles. The van der Waals surface area contributed by atoms with Crippen LogP contribution >= 0.6 is 23.2 Å². The molecule has 2 aliphatic carbocycles. The van der Waals surface area contributed by atoms with Crippen LogP contribution in [0.25, 0.3) is 23.3 Å². The molecule has 1 N–H and O–H groups in total. The van der Waals surface area contributed by atoms with E-state index in [1.807, 2.05) is 126 Å². The van der Waals surface area contributed by atoms with Gasteiger partial charge >= 0.3 is 12.2 Å². The molecule has 11 rings (SSSR count). The van der Waals surface area contributed by atoms with E-state index in [2.05, 4.69) is 78.8 Å². The van der Waals surface area contributed by atoms with E-state index >= 15 is 0 Å². The van der Waals surface area contributed by atoms with Crippen molar-refractivity contribution in [3.63, 3.8) is 0 Å². The van der Waals surface area contributed by atoms with E-state index in [1.165, 1.54) is 0 Å². The Kier molecular flexibility index (Phi) is 20.5. The summed E-state index contributed by atoms with van der Waals surface area (Å²) in [5.74, 6) is 0. The molecular formula is C70H94Cl2N10O8Si2. The Balaban J connectivity index is 0.000000202. The number of piperazine rings is 2. The number of hydrogen-bond acceptors (Lipinski definition) is 14. The van der Waals surface area contributed by atoms with Crippen molar-refractivity contribution in [1.29, 1.82) is 0 Å². The lowest BCUT2D eigenvalue weighted by molar-refractivity contribution is 0.0109. The van der Waals surface area contributed by atoms with Gasteiger partial charge in [0.15, 0.2) is 5.60 Å². The number of carbonyl (C=O) groups is 2. The molecular weight excluding hydrogens is 1240 g/mol. The molecule has 6 aromatic rings. The van der Waals surface area contributed by atoms with Crippen LogP contribution in [-0.2, 0) is 48.3 Å². The lowest BCUT2D eigenvalue weighted by Gasteiger charge is -2.40. The molecule has 18 nitrogen and oxygen atoms in total. The largest absolute Gasteiger partial charge is 0.444 e. The first-order chi connectivity index (χ1) is 43.3. The Hall–Kier alpha value is -6.05. The van der Waals surface area contributed by atoms with Crippen molar-refractivity contribution in [3.8, 4) is 0 Å². The first-order valence-electron chi connectivity index (χ1n) is 32.2. The predicted octanol–water partition coefficient (Wildman–Crippen LogP) is 13.9. The fourth-order valence-electron chi connectivity index (χ4n) is 12.5. The van der Waals surface area contributed by atoms with Gasteiger partial charge in [-0.15, -0.1) is 0 Å². The maximum absolute atomic E-state index is 12.8. The van der Waals surface area contributed by atoms with Gasteiger partial charge in [-0.2, -0.15) is 0 Å². The molecule has 3 fully saturated rings. The zero-order chi connectivity index (χ0) is 66.3. The Morgan fingerprint density at radius 1 is 0.620 bits per heavy atom. The number of aliphatic hydroxyl groups is 1. The predicted molar refractivity (Wildman–Crippen MR) is 369 cm³/mol. The lowest BCUT2D eigenvalue weighted by atomic mass is 9.83. The maximum atomic E-state index is 12.8. The van der Waals surface area contributed by atoms with E-state index in [0.717, 1.165) is 86.1 Å². The summed E-state index contributed by atoms with van der Waals surface area (Å²) < 4.78 is 33.8. The molecule has 4 aromatic heterocycles. The average Bonchev–Trinajstić information content (AvgIpc) is 1.55. The van der Waals surface area contributed by atoms with Crippen molar-refractivity contribution in [2.24, 2.45) is 0 Å². The molecule has 0 radical (unpaired) electrons. The van der Waals surface area contributed by atoms with Crippen LogP contribution in [-0.4, -0.2) is 165 Å². The number of epoxide rings is 1. The Labute approximate surface area is 555 Å². The Morgan fingerprint density at radius 2 is 1.07 bits per heavy atom. The van der Waals surface area contributed by atoms with E-state index in [9.17, 15) is 14.7 Å². The second kappa shape index (κ2) is 27.4. The minimum atomic E-state index is -1.45. The molecule has 3 aliphatic heterocycles. The monoisotopic (exact) mass is 1330 g/mol. The number of halogens is 2. The molecule has 2 unspecified atom stereocenters. The summed E-state index contributed by atoms with van der Waals surface area (Å²) in [6.07, 6.45) is 10.9. The summed E-state index contributed by atoms with van der Waals surface area (Å²) in [7, 11) is -2.38. The van der Waals surface area contributed by atoms with Crippen LogP contribution in [0.1, 0.15) is 128 Å². The van der Waals surface area contributed by atoms with Crippen LogP contribution in [0, 0.1) is 13.8 Å². The zero-order valence-corrected chi connectivity index (χ0v) is 60.0. The van der Waals surface area contributed by atoms with E-state index in [-0.39, 0.29) is 24.3 Å². The molecule has 0 saturated carbocycles. The van der Waals surface area contributed by atoms with Crippen molar-refractivity contribution in [1.82, 2.24) is 48.7 Å². The SMILES string of the molecule is Cc1c(C(C)(O)C2=Cc3cccnc3[C@@H](N3CCN(C(=O)OC(C)(C)C)CC3)c3ccc(Cl)cc32)ncn1COCC[Si](C)(C)C.Cc1c(C2(C3=Cc4cccnc4[C@@H](N4CCN(C(=O)OC(C)(C)C)CC4)c4ccc(Cl)cc43)CO2)ncn1COCC[Si](C)(C)C. The molecule has 0 spiro atoms. The number of imidazole rings is 2. The van der Waals surface area contributed by atoms with E-state index in [0.29, 0.717) is 100 Å². The third kappa shape index (κ3) is 15.8. The van der Waals surface area contributed by atoms with Gasteiger partial charge in [0, 0.05) is 121 Å². The molecule has 7 heterocycles. The minimum absolute atomic E-state index is 0.132. The number of pyridine rings is 2. The first kappa shape index (κ1) is 68.8. The second-order valence-electron chi connectivity index (χ2n) is 29.5. The minimum Gasteiger partial charge on any atom is -0.444 e. The highest BCUT2D eigenvalue weighted by molar-refractivity contribution is 6.76. The molecule has 4 atom stereocenters. The summed E-state index contributed by atoms with van der Waals surface area (Å²) in [6, 6.07) is 21.9. The fourth-order valence-corrected chi connectivity index (χ4v) is 14.4. The van der Waals surface area contributed by atoms with Crippen molar-refractivity contribution in [3.05, 3.63) is 163 Å². The van der Waals surface area contributed by atoms with Crippen molar-refractivity contribution in [2.45, 2.75) is 162 Å². The van der Waals surface area contributed by atoms with E-state index in [4.69, 9.17) is 66.8 Å². The van der Waals surface area contributed by atoms with Gasteiger partial charge < -0.3 is 47.7 Å². The van der Waals surface area contributed by atoms with Gasteiger partial charge in [-0.3, -0.25) is 19.8 Å². The zero-order valence-electron chi connectivity index (χ0n) is 56.5. The summed E-state index contributed by atoms with van der Waals surface area (Å²) in [5, 5.41) is 13.7. The number of hydrogen-bond donors (Lipinski definition) is 1. The smallest absolute Gasteiger partial charge is 0.410 e. The Morgan fingerprint density at radius 3 is 1.53 bits per heavy atom. The van der Waals surface area contributed by atoms with Gasteiger partial charge in [0.1, 0.15) is 36.0 Å². The summed E-state index contributed by atoms with van der Waals surface area (Å²) in [4.78, 5) is 53.5. The molecule has 5 aliphatic rings. The molecule has 22 heteroatoms. The van der Waals surface area contributed by atoms with Gasteiger partial charge in [-0.1, -0.05) is 86.7 Å². The van der Waals surface area contributed by atoms with Gasteiger partial charge in [0.25, 0.3) is 0 Å². The van der Waals surface area contributed by atoms with Crippen molar-refractivity contribution < 1.29 is 38.4 Å². The van der Waals surface area contributed by atoms with E-state index < -0.39 is 38.6 Å². The number of ether oxygens (including phenoxy) is 5. The standard InChI is InChI=1S/C35H46ClN5O4Si.C35H48ClN5O4Si/c1-24-32(38-22-41(24)23-43-17-18-46(5,6)7)35(21-44-35)29-19-25-9-8-12-37-30(25)31(27-11-10-26(36)20-28(27)29)39-13-15-40(16-14-39)33(42)45-34(2,3)4;1-24-32(38-22-41(24)23-44-18-19-46(6,7)8)35(5,43)29-20-25-10-9-13-37-30(25)31(27-12-11-26(36)21-28(27)29)39-14-16-40(17-15-39)33(42)45-34(2,3)4/h8-12,19-20,22,31H,13-18,21,23H2,1-7H3;9-13,20-22,31,43H,14-19,23H2,1-8H3/t2*31-,35?/m00/s1. The molecule has 494 valence electrons. The van der Waals surface area contributed by atoms with Crippen molar-refractivity contribution in [2.75, 3.05) is 72.2 Å². The molecule has 3 saturated heterocycles.